The maximum Gasteiger partial charge on any atom is 0.162 e. The highest BCUT2D eigenvalue weighted by atomic mass is 16.1. The Labute approximate surface area is 120 Å². The van der Waals surface area contributed by atoms with Gasteiger partial charge in [-0.1, -0.05) is 55.8 Å². The predicted molar refractivity (Wildman–Crippen MR) is 83.1 cm³/mol. The molecule has 2 aromatic rings. The molecule has 0 radical (unpaired) electrons. The van der Waals surface area contributed by atoms with Gasteiger partial charge in [-0.05, 0) is 41.5 Å². The van der Waals surface area contributed by atoms with Crippen LogP contribution in [0.5, 0.6) is 0 Å². The molecule has 3 rings (SSSR count). The van der Waals surface area contributed by atoms with Crippen molar-refractivity contribution in [3.8, 4) is 11.1 Å². The fourth-order valence-corrected chi connectivity index (χ4v) is 2.90. The summed E-state index contributed by atoms with van der Waals surface area (Å²) in [5, 5.41) is 0. The Balaban J connectivity index is 2.02. The van der Waals surface area contributed by atoms with Gasteiger partial charge in [0.25, 0.3) is 0 Å². The van der Waals surface area contributed by atoms with Crippen LogP contribution in [0.15, 0.2) is 48.5 Å². The Morgan fingerprint density at radius 1 is 1.10 bits per heavy atom. The summed E-state index contributed by atoms with van der Waals surface area (Å²) in [5.74, 6) is 0.921. The van der Waals surface area contributed by atoms with Gasteiger partial charge in [0.05, 0.1) is 0 Å². The normalized spacial score (nSPS) is 14.8. The van der Waals surface area contributed by atoms with E-state index in [0.29, 0.717) is 12.3 Å². The Bertz CT molecular complexity index is 623. The lowest BCUT2D eigenvalue weighted by Gasteiger charge is -2.28. The predicted octanol–water partition coefficient (Wildman–Crippen LogP) is 5.21. The zero-order chi connectivity index (χ0) is 13.9. The zero-order valence-electron chi connectivity index (χ0n) is 11.9. The molecule has 1 nitrogen and oxygen atoms in total. The molecule has 1 aliphatic rings. The average Bonchev–Trinajstić information content (AvgIpc) is 2.45. The molecule has 0 spiro atoms. The highest BCUT2D eigenvalue weighted by molar-refractivity contribution is 5.97. The van der Waals surface area contributed by atoms with Gasteiger partial charge in [-0.2, -0.15) is 0 Å². The monoisotopic (exact) mass is 264 g/mol. The molecule has 0 atom stereocenters. The summed E-state index contributed by atoms with van der Waals surface area (Å²) < 4.78 is 0. The molecule has 0 saturated heterocycles. The molecule has 0 unspecified atom stereocenters. The largest absolute Gasteiger partial charge is 0.294 e. The molecule has 0 N–H and O–H groups in total. The first kappa shape index (κ1) is 13.1. The van der Waals surface area contributed by atoms with Gasteiger partial charge in [0.2, 0.25) is 0 Å². The third kappa shape index (κ3) is 2.40. The summed E-state index contributed by atoms with van der Waals surface area (Å²) >= 11 is 0. The van der Waals surface area contributed by atoms with Crippen LogP contribution < -0.4 is 0 Å². The molecule has 20 heavy (non-hydrogen) atoms. The highest BCUT2D eigenvalue weighted by Gasteiger charge is 2.22. The molecule has 0 bridgehead atoms. The molecule has 1 fully saturated rings. The summed E-state index contributed by atoms with van der Waals surface area (Å²) in [6, 6.07) is 16.7. The SMILES string of the molecule is CCC(=O)c1cccc(-c2ccccc2C2CCC2)c1. The molecule has 1 heteroatoms. The van der Waals surface area contributed by atoms with Crippen molar-refractivity contribution < 1.29 is 4.79 Å². The number of hydrogen-bond donors (Lipinski definition) is 0. The minimum Gasteiger partial charge on any atom is -0.294 e. The van der Waals surface area contributed by atoms with Crippen molar-refractivity contribution in [2.45, 2.75) is 38.5 Å². The van der Waals surface area contributed by atoms with E-state index in [1.54, 1.807) is 0 Å². The van der Waals surface area contributed by atoms with E-state index in [0.717, 1.165) is 5.56 Å². The van der Waals surface area contributed by atoms with Crippen LogP contribution in [0.4, 0.5) is 0 Å². The van der Waals surface area contributed by atoms with Crippen molar-refractivity contribution in [2.75, 3.05) is 0 Å². The van der Waals surface area contributed by atoms with E-state index in [-0.39, 0.29) is 5.78 Å². The molecule has 0 aromatic heterocycles. The summed E-state index contributed by atoms with van der Waals surface area (Å²) in [6.45, 7) is 1.91. The number of carbonyl (C=O) groups is 1. The quantitative estimate of drug-likeness (QED) is 0.692. The number of hydrogen-bond acceptors (Lipinski definition) is 1. The van der Waals surface area contributed by atoms with E-state index in [4.69, 9.17) is 0 Å². The topological polar surface area (TPSA) is 17.1 Å². The Hall–Kier alpha value is -1.89. The van der Waals surface area contributed by atoms with Crippen LogP contribution in [0.2, 0.25) is 0 Å². The van der Waals surface area contributed by atoms with Crippen LogP contribution in [-0.4, -0.2) is 5.78 Å². The van der Waals surface area contributed by atoms with Crippen LogP contribution >= 0.6 is 0 Å². The van der Waals surface area contributed by atoms with E-state index in [2.05, 4.69) is 30.3 Å². The Morgan fingerprint density at radius 2 is 1.90 bits per heavy atom. The minimum absolute atomic E-state index is 0.216. The van der Waals surface area contributed by atoms with Crippen LogP contribution in [0.1, 0.15) is 54.4 Å². The first-order valence-corrected chi connectivity index (χ1v) is 7.52. The van der Waals surface area contributed by atoms with Gasteiger partial charge in [0.15, 0.2) is 5.78 Å². The summed E-state index contributed by atoms with van der Waals surface area (Å²) in [5.41, 5.74) is 4.74. The highest BCUT2D eigenvalue weighted by Crippen LogP contribution is 2.41. The van der Waals surface area contributed by atoms with Crippen LogP contribution in [0, 0.1) is 0 Å². The number of carbonyl (C=O) groups excluding carboxylic acids is 1. The van der Waals surface area contributed by atoms with Gasteiger partial charge in [-0.25, -0.2) is 0 Å². The first-order chi connectivity index (χ1) is 9.79. The van der Waals surface area contributed by atoms with Crippen molar-refractivity contribution in [3.05, 3.63) is 59.7 Å². The van der Waals surface area contributed by atoms with Gasteiger partial charge in [-0.3, -0.25) is 4.79 Å². The smallest absolute Gasteiger partial charge is 0.162 e. The lowest BCUT2D eigenvalue weighted by atomic mass is 9.77. The van der Waals surface area contributed by atoms with E-state index in [1.807, 2.05) is 25.1 Å². The molecule has 102 valence electrons. The van der Waals surface area contributed by atoms with Crippen molar-refractivity contribution in [1.82, 2.24) is 0 Å². The maximum absolute atomic E-state index is 11.9. The third-order valence-corrected chi connectivity index (χ3v) is 4.32. The number of rotatable bonds is 4. The lowest BCUT2D eigenvalue weighted by Crippen LogP contribution is -2.10. The summed E-state index contributed by atoms with van der Waals surface area (Å²) in [7, 11) is 0. The van der Waals surface area contributed by atoms with E-state index < -0.39 is 0 Å². The molecule has 0 aliphatic heterocycles. The van der Waals surface area contributed by atoms with Gasteiger partial charge < -0.3 is 0 Å². The molecular weight excluding hydrogens is 244 g/mol. The second kappa shape index (κ2) is 5.62. The van der Waals surface area contributed by atoms with Gasteiger partial charge in [0.1, 0.15) is 0 Å². The fourth-order valence-electron chi connectivity index (χ4n) is 2.90. The minimum atomic E-state index is 0.216. The van der Waals surface area contributed by atoms with Gasteiger partial charge in [-0.15, -0.1) is 0 Å². The number of benzene rings is 2. The van der Waals surface area contributed by atoms with Gasteiger partial charge >= 0.3 is 0 Å². The molecule has 1 saturated carbocycles. The molecule has 2 aromatic carbocycles. The Morgan fingerprint density at radius 3 is 2.60 bits per heavy atom. The van der Waals surface area contributed by atoms with Crippen LogP contribution in [-0.2, 0) is 0 Å². The number of ketones is 1. The second-order valence-electron chi connectivity index (χ2n) is 5.57. The fraction of sp³-hybridized carbons (Fsp3) is 0.316. The maximum atomic E-state index is 11.9. The third-order valence-electron chi connectivity index (χ3n) is 4.32. The van der Waals surface area contributed by atoms with E-state index in [9.17, 15) is 4.79 Å². The van der Waals surface area contributed by atoms with E-state index in [1.165, 1.54) is 36.0 Å². The standard InChI is InChI=1S/C19H20O/c1-2-19(20)16-10-6-9-15(13-16)18-12-4-3-11-17(18)14-7-5-8-14/h3-4,6,9-14H,2,5,7-8H2,1H3. The first-order valence-electron chi connectivity index (χ1n) is 7.52. The average molecular weight is 264 g/mol. The zero-order valence-corrected chi connectivity index (χ0v) is 11.9. The van der Waals surface area contributed by atoms with Crippen molar-refractivity contribution >= 4 is 5.78 Å². The molecule has 1 aliphatic carbocycles. The van der Waals surface area contributed by atoms with Crippen LogP contribution in [0.3, 0.4) is 0 Å². The molecule has 0 amide bonds. The van der Waals surface area contributed by atoms with Crippen LogP contribution in [0.25, 0.3) is 11.1 Å². The van der Waals surface area contributed by atoms with Crippen molar-refractivity contribution in [2.24, 2.45) is 0 Å². The summed E-state index contributed by atoms with van der Waals surface area (Å²) in [4.78, 5) is 11.9. The van der Waals surface area contributed by atoms with Gasteiger partial charge in [0, 0.05) is 12.0 Å². The van der Waals surface area contributed by atoms with Crippen molar-refractivity contribution in [1.29, 1.82) is 0 Å². The second-order valence-corrected chi connectivity index (χ2v) is 5.57. The molecule has 0 heterocycles. The lowest BCUT2D eigenvalue weighted by molar-refractivity contribution is 0.0988. The van der Waals surface area contributed by atoms with E-state index >= 15 is 0 Å². The summed E-state index contributed by atoms with van der Waals surface area (Å²) in [6.07, 6.45) is 4.50. The van der Waals surface area contributed by atoms with Crippen molar-refractivity contribution in [3.63, 3.8) is 0 Å². The molecular formula is C19H20O. The Kier molecular flexibility index (Phi) is 3.68. The number of Topliss-reactive ketones (excluding diaryl/α,β-unsaturated/α-hetero) is 1.